The molecule has 0 aromatic heterocycles. The van der Waals surface area contributed by atoms with Gasteiger partial charge in [0.25, 0.3) is 5.69 Å². The van der Waals surface area contributed by atoms with Crippen LogP contribution < -0.4 is 4.74 Å². The van der Waals surface area contributed by atoms with Crippen molar-refractivity contribution in [1.82, 2.24) is 0 Å². The predicted octanol–water partition coefficient (Wildman–Crippen LogP) is 2.69. The summed E-state index contributed by atoms with van der Waals surface area (Å²) in [6, 6.07) is 10.2. The fourth-order valence-electron chi connectivity index (χ4n) is 1.63. The van der Waals surface area contributed by atoms with Crippen molar-refractivity contribution in [2.75, 3.05) is 0 Å². The van der Waals surface area contributed by atoms with E-state index >= 15 is 0 Å². The second kappa shape index (κ2) is 5.83. The van der Waals surface area contributed by atoms with E-state index in [0.717, 1.165) is 5.56 Å². The van der Waals surface area contributed by atoms with Crippen LogP contribution in [0, 0.1) is 10.1 Å². The Balaban J connectivity index is 2.14. The minimum atomic E-state index is -0.573. The highest BCUT2D eigenvalue weighted by molar-refractivity contribution is 5.80. The third kappa shape index (κ3) is 3.11. The Morgan fingerprint density at radius 3 is 2.50 bits per heavy atom. The van der Waals surface area contributed by atoms with Crippen LogP contribution in [0.3, 0.4) is 0 Å². The van der Waals surface area contributed by atoms with Crippen molar-refractivity contribution in [3.8, 4) is 11.5 Å². The lowest BCUT2D eigenvalue weighted by atomic mass is 10.2. The van der Waals surface area contributed by atoms with Crippen LogP contribution in [0.25, 0.3) is 0 Å². The molecule has 0 amide bonds. The molecule has 0 fully saturated rings. The summed E-state index contributed by atoms with van der Waals surface area (Å²) in [6.45, 7) is 0.193. The molecule has 6 heteroatoms. The Morgan fingerprint density at radius 1 is 1.20 bits per heavy atom. The van der Waals surface area contributed by atoms with E-state index in [4.69, 9.17) is 9.84 Å². The highest BCUT2D eigenvalue weighted by Crippen LogP contribution is 2.23. The number of hydrogen-bond acceptors (Lipinski definition) is 5. The van der Waals surface area contributed by atoms with Crippen molar-refractivity contribution >= 4 is 12.0 Å². The van der Waals surface area contributed by atoms with Gasteiger partial charge in [-0.3, -0.25) is 14.9 Å². The van der Waals surface area contributed by atoms with Crippen LogP contribution in [-0.2, 0) is 6.61 Å². The van der Waals surface area contributed by atoms with Gasteiger partial charge in [0, 0.05) is 12.1 Å². The van der Waals surface area contributed by atoms with Crippen LogP contribution in [0.2, 0.25) is 0 Å². The number of nitro benzene ring substituents is 1. The molecular weight excluding hydrogens is 262 g/mol. The number of aldehydes is 1. The van der Waals surface area contributed by atoms with E-state index in [1.54, 1.807) is 12.1 Å². The number of carbonyl (C=O) groups is 1. The monoisotopic (exact) mass is 273 g/mol. The quantitative estimate of drug-likeness (QED) is 0.514. The average Bonchev–Trinajstić information content (AvgIpc) is 2.46. The highest BCUT2D eigenvalue weighted by atomic mass is 16.6. The average molecular weight is 273 g/mol. The molecule has 0 aliphatic carbocycles. The predicted molar refractivity (Wildman–Crippen MR) is 70.9 cm³/mol. The zero-order valence-corrected chi connectivity index (χ0v) is 10.4. The van der Waals surface area contributed by atoms with Crippen LogP contribution in [0.5, 0.6) is 11.5 Å². The maximum Gasteiger partial charge on any atom is 0.270 e. The first kappa shape index (κ1) is 13.5. The number of nitrogens with zero attached hydrogens (tertiary/aromatic N) is 1. The van der Waals surface area contributed by atoms with E-state index in [0.29, 0.717) is 6.29 Å². The molecule has 0 atom stereocenters. The summed E-state index contributed by atoms with van der Waals surface area (Å²) in [7, 11) is 0. The van der Waals surface area contributed by atoms with Crippen LogP contribution in [0.4, 0.5) is 5.69 Å². The SMILES string of the molecule is O=Cc1cc([N+](=O)[O-])ccc1OCc1ccc(O)cc1. The molecule has 20 heavy (non-hydrogen) atoms. The van der Waals surface area contributed by atoms with Crippen LogP contribution in [0.1, 0.15) is 15.9 Å². The summed E-state index contributed by atoms with van der Waals surface area (Å²) in [6.07, 6.45) is 0.513. The first-order chi connectivity index (χ1) is 9.60. The molecule has 0 radical (unpaired) electrons. The van der Waals surface area contributed by atoms with Crippen molar-refractivity contribution in [1.29, 1.82) is 0 Å². The van der Waals surface area contributed by atoms with Gasteiger partial charge >= 0.3 is 0 Å². The lowest BCUT2D eigenvalue weighted by Crippen LogP contribution is -1.99. The third-order valence-corrected chi connectivity index (χ3v) is 2.66. The molecular formula is C14H11NO5. The summed E-state index contributed by atoms with van der Waals surface area (Å²) < 4.78 is 5.45. The van der Waals surface area contributed by atoms with Gasteiger partial charge in [-0.1, -0.05) is 12.1 Å². The van der Waals surface area contributed by atoms with E-state index in [-0.39, 0.29) is 29.4 Å². The van der Waals surface area contributed by atoms with Gasteiger partial charge in [0.05, 0.1) is 10.5 Å². The smallest absolute Gasteiger partial charge is 0.270 e. The van der Waals surface area contributed by atoms with Gasteiger partial charge in [0.1, 0.15) is 18.1 Å². The number of rotatable bonds is 5. The number of non-ortho nitro benzene ring substituents is 1. The number of nitro groups is 1. The van der Waals surface area contributed by atoms with Crippen LogP contribution in [-0.4, -0.2) is 16.3 Å². The molecule has 2 rings (SSSR count). The van der Waals surface area contributed by atoms with Crippen molar-refractivity contribution in [2.45, 2.75) is 6.61 Å². The van der Waals surface area contributed by atoms with Crippen molar-refractivity contribution in [3.63, 3.8) is 0 Å². The van der Waals surface area contributed by atoms with Crippen LogP contribution in [0.15, 0.2) is 42.5 Å². The highest BCUT2D eigenvalue weighted by Gasteiger charge is 2.11. The van der Waals surface area contributed by atoms with Gasteiger partial charge in [-0.05, 0) is 23.8 Å². The van der Waals surface area contributed by atoms with Crippen LogP contribution >= 0.6 is 0 Å². The summed E-state index contributed by atoms with van der Waals surface area (Å²) in [5.41, 5.74) is 0.764. The molecule has 0 spiro atoms. The number of phenolic OH excluding ortho intramolecular Hbond substituents is 1. The van der Waals surface area contributed by atoms with E-state index in [9.17, 15) is 14.9 Å². The molecule has 6 nitrogen and oxygen atoms in total. The molecule has 0 bridgehead atoms. The molecule has 0 aliphatic heterocycles. The molecule has 0 aliphatic rings. The van der Waals surface area contributed by atoms with E-state index in [2.05, 4.69) is 0 Å². The van der Waals surface area contributed by atoms with Gasteiger partial charge in [-0.2, -0.15) is 0 Å². The maximum atomic E-state index is 10.9. The fraction of sp³-hybridized carbons (Fsp3) is 0.0714. The number of aromatic hydroxyl groups is 1. The molecule has 0 unspecified atom stereocenters. The minimum Gasteiger partial charge on any atom is -0.508 e. The first-order valence-corrected chi connectivity index (χ1v) is 5.74. The largest absolute Gasteiger partial charge is 0.508 e. The normalized spacial score (nSPS) is 10.0. The standard InChI is InChI=1S/C14H11NO5/c16-8-11-7-12(15(18)19)3-6-14(11)20-9-10-1-4-13(17)5-2-10/h1-8,17H,9H2. The number of benzene rings is 2. The summed E-state index contributed by atoms with van der Waals surface area (Å²) in [5, 5.41) is 19.8. The summed E-state index contributed by atoms with van der Waals surface area (Å²) in [5.74, 6) is 0.427. The Morgan fingerprint density at radius 2 is 1.90 bits per heavy atom. The summed E-state index contributed by atoms with van der Waals surface area (Å²) in [4.78, 5) is 21.0. The molecule has 0 heterocycles. The van der Waals surface area contributed by atoms with Crippen molar-refractivity contribution < 1.29 is 19.6 Å². The first-order valence-electron chi connectivity index (χ1n) is 5.74. The Labute approximate surface area is 114 Å². The Hall–Kier alpha value is -2.89. The Kier molecular flexibility index (Phi) is 3.95. The molecule has 1 N–H and O–H groups in total. The van der Waals surface area contributed by atoms with Gasteiger partial charge in [0.15, 0.2) is 6.29 Å². The second-order valence-electron chi connectivity index (χ2n) is 4.05. The lowest BCUT2D eigenvalue weighted by molar-refractivity contribution is -0.384. The molecule has 102 valence electrons. The van der Waals surface area contributed by atoms with E-state index in [1.807, 2.05) is 0 Å². The number of phenols is 1. The topological polar surface area (TPSA) is 89.7 Å². The van der Waals surface area contributed by atoms with Gasteiger partial charge in [-0.25, -0.2) is 0 Å². The van der Waals surface area contributed by atoms with Gasteiger partial charge < -0.3 is 9.84 Å². The van der Waals surface area contributed by atoms with Crippen molar-refractivity contribution in [2.24, 2.45) is 0 Å². The number of hydrogen-bond donors (Lipinski definition) is 1. The molecule has 0 saturated heterocycles. The van der Waals surface area contributed by atoms with E-state index < -0.39 is 4.92 Å². The molecule has 2 aromatic carbocycles. The summed E-state index contributed by atoms with van der Waals surface area (Å²) >= 11 is 0. The lowest BCUT2D eigenvalue weighted by Gasteiger charge is -2.08. The maximum absolute atomic E-state index is 10.9. The third-order valence-electron chi connectivity index (χ3n) is 2.66. The number of ether oxygens (including phenoxy) is 1. The molecule has 0 saturated carbocycles. The minimum absolute atomic E-state index is 0.123. The van der Waals surface area contributed by atoms with Gasteiger partial charge in [-0.15, -0.1) is 0 Å². The fourth-order valence-corrected chi connectivity index (χ4v) is 1.63. The van der Waals surface area contributed by atoms with E-state index in [1.165, 1.54) is 30.3 Å². The zero-order chi connectivity index (χ0) is 14.5. The number of carbonyl (C=O) groups excluding carboxylic acids is 1. The van der Waals surface area contributed by atoms with Gasteiger partial charge in [0.2, 0.25) is 0 Å². The van der Waals surface area contributed by atoms with Crippen molar-refractivity contribution in [3.05, 3.63) is 63.7 Å². The Bertz CT molecular complexity index is 637. The second-order valence-corrected chi connectivity index (χ2v) is 4.05. The zero-order valence-electron chi connectivity index (χ0n) is 10.4. The molecule has 2 aromatic rings.